The van der Waals surface area contributed by atoms with Crippen LogP contribution < -0.4 is 62.4 Å². The molecular weight excluding hydrogens is 1840 g/mol. The van der Waals surface area contributed by atoms with Gasteiger partial charge in [-0.3, -0.25) is 25.5 Å². The van der Waals surface area contributed by atoms with E-state index in [0.29, 0.717) is 112 Å². The van der Waals surface area contributed by atoms with E-state index in [9.17, 15) is 8.78 Å². The monoisotopic (exact) mass is 1960 g/mol. The predicted octanol–water partition coefficient (Wildman–Crippen LogP) is 18.1. The molecule has 3 aliphatic rings. The molecule has 3 fully saturated rings. The topological polar surface area (TPSA) is 434 Å². The summed E-state index contributed by atoms with van der Waals surface area (Å²) in [6.45, 7) is 26.4. The minimum absolute atomic E-state index is 0.253. The van der Waals surface area contributed by atoms with Crippen molar-refractivity contribution in [1.29, 1.82) is 0 Å². The average molecular weight is 1960 g/mol. The van der Waals surface area contributed by atoms with Crippen LogP contribution in [0.25, 0.3) is 60.8 Å². The molecule has 0 unspecified atom stereocenters. The second-order valence-corrected chi connectivity index (χ2v) is 34.9. The van der Waals surface area contributed by atoms with Gasteiger partial charge in [-0.15, -0.1) is 0 Å². The van der Waals surface area contributed by atoms with Gasteiger partial charge >= 0.3 is 0 Å². The quantitative estimate of drug-likeness (QED) is 0.0179. The van der Waals surface area contributed by atoms with Crippen molar-refractivity contribution in [3.8, 4) is 5.75 Å². The van der Waals surface area contributed by atoms with Crippen LogP contribution in [0.2, 0.25) is 0 Å². The molecular formula is C106H122F2N34O3. The molecule has 145 heavy (non-hydrogen) atoms. The molecule has 19 rings (SSSR count). The molecule has 5 aromatic carbocycles. The van der Waals surface area contributed by atoms with Gasteiger partial charge in [-0.1, -0.05) is 133 Å². The number of benzene rings is 5. The van der Waals surface area contributed by atoms with Gasteiger partial charge in [-0.05, 0) is 170 Å². The molecule has 3 saturated heterocycles. The second kappa shape index (κ2) is 50.8. The van der Waals surface area contributed by atoms with Crippen LogP contribution in [0.15, 0.2) is 199 Å². The Morgan fingerprint density at radius 3 is 1.12 bits per heavy atom. The Morgan fingerprint density at radius 1 is 0.359 bits per heavy atom. The van der Waals surface area contributed by atoms with Gasteiger partial charge in [0.05, 0.1) is 26.5 Å². The number of hydrogen-bond donors (Lipinski definition) is 13. The molecule has 11 aromatic heterocycles. The van der Waals surface area contributed by atoms with Crippen LogP contribution in [-0.4, -0.2) is 243 Å². The lowest BCUT2D eigenvalue weighted by Gasteiger charge is -2.34. The molecule has 3 aliphatic heterocycles. The average Bonchev–Trinajstić information content (AvgIpc) is 1.65. The maximum Gasteiger partial charge on any atom is 0.161 e. The highest BCUT2D eigenvalue weighted by Crippen LogP contribution is 2.33. The summed E-state index contributed by atoms with van der Waals surface area (Å²) in [6, 6.07) is 60.0. The summed E-state index contributed by atoms with van der Waals surface area (Å²) in [5, 5.41) is 58.3. The number of aromatic nitrogens is 20. The lowest BCUT2D eigenvalue weighted by atomic mass is 10.1. The van der Waals surface area contributed by atoms with Gasteiger partial charge in [0.1, 0.15) is 63.7 Å². The van der Waals surface area contributed by atoms with Crippen molar-refractivity contribution in [2.24, 2.45) is 0 Å². The van der Waals surface area contributed by atoms with E-state index in [1.54, 1.807) is 38.7 Å². The van der Waals surface area contributed by atoms with Crippen LogP contribution in [-0.2, 0) is 11.3 Å². The number of aryl methyl sites for hydroxylation is 7. The Bertz CT molecular complexity index is 6950. The van der Waals surface area contributed by atoms with Crippen LogP contribution in [0.1, 0.15) is 102 Å². The standard InChI is InChI=1S/C22H25F2N7.C22H28N8.C22H27N7O.C21H20N6O.C19H22N6O/c1-14-10-16(12-17(23)22(14)24)4-5-18-25-19(26-20-11-15(2)28-29-20)13-21(27-18)31-8-6-30(3)7-9-31;1-15-4-6-17(7-5-15)8-9-18-24-21(25-19-14-16(2)27-28-19)20(23)22(26-18)30-12-10-29(3)11-13-30;1-16-14-21(27-26-16)24-20-15-22(29-12-10-28(2)11-13-29)25-19(23-20)9-6-17-4-7-18(30-3)8-5-17;1-15-12-21(27-26-15)25-20-13-19(22-14-17-8-5-11-28-17)23-18(24-20)10-9-16-6-3-2-4-7-16;1-14-12-19(25-24-14)23-18-13-17(20-10-11-26-2)21-16(22-18)9-8-15-6-4-3-5-7-15/h4-5,10-13H,6-9H2,1-3H3,(H2,25,26,27,28,29);4-9,14H,10-13,23H2,1-3H3,(H2,24,25,26,27,28);4-9,14-15H,10-13H2,1-3H3,(H2,23,24,25,26,27);2-13H,14H2,1H3,(H3,22,23,24,25,26,27);3-9,12-13H,10-11H2,1-2H3,(H3,20,21,22,23,24,25)/b5-4+;9-8+;9-6+;10-9+;9-8+. The van der Waals surface area contributed by atoms with Crippen molar-refractivity contribution < 1.29 is 22.7 Å². The van der Waals surface area contributed by atoms with Crippen molar-refractivity contribution in [3.63, 3.8) is 0 Å². The number of ether oxygens (including phenoxy) is 2. The van der Waals surface area contributed by atoms with Gasteiger partial charge in [0, 0.05) is 175 Å². The van der Waals surface area contributed by atoms with E-state index in [1.165, 1.54) is 12.5 Å². The zero-order valence-electron chi connectivity index (χ0n) is 83.3. The fourth-order valence-electron chi connectivity index (χ4n) is 15.0. The number of nitrogens with zero attached hydrogens (tertiary/aromatic N) is 21. The fraction of sp³-hybridized carbons (Fsp3) is 0.255. The van der Waals surface area contributed by atoms with Crippen molar-refractivity contribution in [2.75, 3.05) is 185 Å². The van der Waals surface area contributed by atoms with Crippen molar-refractivity contribution in [1.82, 2.24) is 116 Å². The molecule has 0 aliphatic carbocycles. The third kappa shape index (κ3) is 31.7. The van der Waals surface area contributed by atoms with E-state index >= 15 is 0 Å². The zero-order valence-corrected chi connectivity index (χ0v) is 83.3. The molecule has 14 N–H and O–H groups in total. The number of methoxy groups -OCH3 is 2. The smallest absolute Gasteiger partial charge is 0.161 e. The van der Waals surface area contributed by atoms with Crippen molar-refractivity contribution in [3.05, 3.63) is 308 Å². The molecule has 0 atom stereocenters. The number of aromatic amines is 5. The molecule has 14 heterocycles. The number of likely N-dealkylation sites (N-methyl/N-ethyl adjacent to an activating group) is 3. The predicted molar refractivity (Wildman–Crippen MR) is 576 cm³/mol. The normalized spacial score (nSPS) is 13.5. The second-order valence-electron chi connectivity index (χ2n) is 34.9. The summed E-state index contributed by atoms with van der Waals surface area (Å²) < 4.78 is 43.0. The van der Waals surface area contributed by atoms with Gasteiger partial charge < -0.3 is 86.2 Å². The Kier molecular flexibility index (Phi) is 35.8. The van der Waals surface area contributed by atoms with Crippen molar-refractivity contribution in [2.45, 2.75) is 55.0 Å². The van der Waals surface area contributed by atoms with Gasteiger partial charge in [-0.2, -0.15) is 25.5 Å². The minimum atomic E-state index is -0.872. The number of nitrogen functional groups attached to an aromatic ring is 1. The Balaban J connectivity index is 0.000000136. The molecule has 37 nitrogen and oxygen atoms in total. The molecule has 0 amide bonds. The maximum atomic E-state index is 13.7. The van der Waals surface area contributed by atoms with Gasteiger partial charge in [0.25, 0.3) is 0 Å². The maximum absolute atomic E-state index is 13.7. The zero-order chi connectivity index (χ0) is 101. The number of hydrogen-bond acceptors (Lipinski definition) is 32. The first kappa shape index (κ1) is 102. The van der Waals surface area contributed by atoms with E-state index in [1.807, 2.05) is 235 Å². The third-order valence-corrected chi connectivity index (χ3v) is 22.9. The van der Waals surface area contributed by atoms with Crippen LogP contribution >= 0.6 is 0 Å². The van der Waals surface area contributed by atoms with E-state index < -0.39 is 11.6 Å². The number of nitrogens with one attached hydrogen (secondary N) is 12. The Morgan fingerprint density at radius 2 is 0.731 bits per heavy atom. The molecule has 748 valence electrons. The van der Waals surface area contributed by atoms with E-state index in [-0.39, 0.29) is 5.56 Å². The van der Waals surface area contributed by atoms with Crippen LogP contribution in [0, 0.1) is 60.1 Å². The molecule has 0 spiro atoms. The molecule has 39 heteroatoms. The number of anilines is 16. The minimum Gasteiger partial charge on any atom is -0.497 e. The molecule has 0 bridgehead atoms. The summed E-state index contributed by atoms with van der Waals surface area (Å²) in [5.41, 5.74) is 18.2. The molecule has 0 radical (unpaired) electrons. The lowest BCUT2D eigenvalue weighted by molar-refractivity contribution is 0.210. The Hall–Kier alpha value is -17.2. The largest absolute Gasteiger partial charge is 0.497 e. The first-order valence-corrected chi connectivity index (χ1v) is 47.6. The molecule has 16 aromatic rings. The number of piperazine rings is 3. The van der Waals surface area contributed by atoms with Gasteiger partial charge in [0.15, 0.2) is 81.5 Å². The van der Waals surface area contributed by atoms with Crippen LogP contribution in [0.5, 0.6) is 5.75 Å². The summed E-state index contributed by atoms with van der Waals surface area (Å²) in [6.07, 6.45) is 20.6. The van der Waals surface area contributed by atoms with Crippen LogP contribution in [0.3, 0.4) is 0 Å². The molecule has 0 saturated carbocycles. The number of halogens is 2. The highest BCUT2D eigenvalue weighted by atomic mass is 19.2. The SMILES string of the molecule is COCCNc1cc(Nc2cc(C)[nH]n2)nc(/C=C/c2ccccc2)n1.COc1ccc(/C=C/c2nc(Nc3cc(C)[nH]n3)cc(N3CCN(C)CC3)n2)cc1.Cc1cc(Nc2cc(N3CCN(C)CC3)nc(/C=C/c3cc(C)c(F)c(F)c3)n2)n[nH]1.Cc1cc(Nc2cc(NCc3ccco3)nc(/C=C/c3ccccc3)n2)n[nH]1.Cc1ccc(/C=C/c2nc(Nc3cc(C)[nH]n3)c(N)c(N3CCN(C)CC3)n2)cc1. The summed E-state index contributed by atoms with van der Waals surface area (Å²) in [4.78, 5) is 60.0. The first-order chi connectivity index (χ1) is 70.4. The first-order valence-electron chi connectivity index (χ1n) is 47.6. The van der Waals surface area contributed by atoms with E-state index in [4.69, 9.17) is 29.6 Å². The van der Waals surface area contributed by atoms with Gasteiger partial charge in [0.2, 0.25) is 0 Å². The highest BCUT2D eigenvalue weighted by molar-refractivity contribution is 5.81. The summed E-state index contributed by atoms with van der Waals surface area (Å²) >= 11 is 0. The number of nitrogens with two attached hydrogens (primary N) is 1. The fourth-order valence-corrected chi connectivity index (χ4v) is 15.0. The number of H-pyrrole nitrogens is 5. The van der Waals surface area contributed by atoms with E-state index in [0.717, 1.165) is 182 Å². The van der Waals surface area contributed by atoms with Gasteiger partial charge in [-0.25, -0.2) is 58.6 Å². The third-order valence-electron chi connectivity index (χ3n) is 22.9. The lowest BCUT2D eigenvalue weighted by Crippen LogP contribution is -2.45. The number of rotatable bonds is 31. The highest BCUT2D eigenvalue weighted by Gasteiger charge is 2.24. The summed E-state index contributed by atoms with van der Waals surface area (Å²) in [7, 11) is 9.71. The summed E-state index contributed by atoms with van der Waals surface area (Å²) in [5.74, 6) is 13.5. The van der Waals surface area contributed by atoms with E-state index in [2.05, 4.69) is 210 Å². The Labute approximate surface area is 841 Å². The van der Waals surface area contributed by atoms with Crippen molar-refractivity contribution >= 4 is 154 Å². The number of furan rings is 1. The van der Waals surface area contributed by atoms with Crippen LogP contribution in [0.4, 0.5) is 102 Å².